The zero-order valence-corrected chi connectivity index (χ0v) is 15.1. The minimum atomic E-state index is -3.89. The van der Waals surface area contributed by atoms with Gasteiger partial charge in [0.15, 0.2) is 0 Å². The Bertz CT molecular complexity index is 813. The van der Waals surface area contributed by atoms with Gasteiger partial charge in [0.25, 0.3) is 0 Å². The molecule has 1 aromatic heterocycles. The maximum atomic E-state index is 12.6. The lowest BCUT2D eigenvalue weighted by molar-refractivity contribution is 0.0696. The average Bonchev–Trinajstić information content (AvgIpc) is 2.53. The summed E-state index contributed by atoms with van der Waals surface area (Å²) >= 11 is 5.94. The van der Waals surface area contributed by atoms with E-state index in [0.717, 1.165) is 16.1 Å². The zero-order valence-electron chi connectivity index (χ0n) is 12.7. The molecular formula is C15H16Cl2N2O4S. The average molecular weight is 391 g/mol. The first kappa shape index (κ1) is 20.4. The van der Waals surface area contributed by atoms with Crippen molar-refractivity contribution in [3.63, 3.8) is 0 Å². The summed E-state index contributed by atoms with van der Waals surface area (Å²) < 4.78 is 26.3. The van der Waals surface area contributed by atoms with Gasteiger partial charge in [-0.25, -0.2) is 17.5 Å². The van der Waals surface area contributed by atoms with Crippen LogP contribution in [0.2, 0.25) is 5.02 Å². The second-order valence-electron chi connectivity index (χ2n) is 4.85. The molecule has 0 aliphatic rings. The summed E-state index contributed by atoms with van der Waals surface area (Å²) in [6, 6.07) is 9.00. The van der Waals surface area contributed by atoms with Gasteiger partial charge in [-0.2, -0.15) is 0 Å². The van der Waals surface area contributed by atoms with E-state index in [4.69, 9.17) is 16.7 Å². The molecular weight excluding hydrogens is 375 g/mol. The number of rotatable bonds is 6. The molecule has 0 amide bonds. The number of benzene rings is 1. The topological polar surface area (TPSA) is 87.6 Å². The second kappa shape index (κ2) is 8.43. The number of aromatic carboxylic acids is 1. The summed E-state index contributed by atoms with van der Waals surface area (Å²) in [6.45, 7) is 0.201. The number of pyridine rings is 1. The van der Waals surface area contributed by atoms with Gasteiger partial charge in [-0.1, -0.05) is 17.7 Å². The largest absolute Gasteiger partial charge is 0.478 e. The molecule has 0 saturated carbocycles. The normalized spacial score (nSPS) is 11.1. The standard InChI is InChI=1S/C15H15ClN2O4S.ClH/c1-18(9-7-12-4-2-3-8-17-12)23(21,22)14-10-11(15(19)20)5-6-13(14)16;/h2-6,8,10H,7,9H2,1H3,(H,19,20);1H. The van der Waals surface area contributed by atoms with Crippen molar-refractivity contribution in [3.8, 4) is 0 Å². The Kier molecular flexibility index (Phi) is 7.16. The van der Waals surface area contributed by atoms with Crippen molar-refractivity contribution < 1.29 is 18.3 Å². The predicted octanol–water partition coefficient (Wildman–Crippen LogP) is 2.72. The number of hydrogen-bond acceptors (Lipinski definition) is 4. The number of carbonyl (C=O) groups is 1. The first-order valence-corrected chi connectivity index (χ1v) is 8.53. The molecule has 2 aromatic rings. The number of carboxylic acid groups (broad SMARTS) is 1. The number of halogens is 2. The Morgan fingerprint density at radius 2 is 2.00 bits per heavy atom. The van der Waals surface area contributed by atoms with Crippen LogP contribution in [0.1, 0.15) is 16.1 Å². The minimum absolute atomic E-state index is 0. The second-order valence-corrected chi connectivity index (χ2v) is 7.27. The van der Waals surface area contributed by atoms with Gasteiger partial charge in [0.2, 0.25) is 10.0 Å². The van der Waals surface area contributed by atoms with Crippen LogP contribution in [0, 0.1) is 0 Å². The van der Waals surface area contributed by atoms with E-state index in [9.17, 15) is 13.2 Å². The van der Waals surface area contributed by atoms with Crippen molar-refractivity contribution >= 4 is 40.0 Å². The Balaban J connectivity index is 0.00000288. The molecule has 0 aliphatic heterocycles. The molecule has 0 unspecified atom stereocenters. The van der Waals surface area contributed by atoms with Crippen LogP contribution < -0.4 is 0 Å². The molecule has 1 heterocycles. The summed E-state index contributed by atoms with van der Waals surface area (Å²) in [5.74, 6) is -1.21. The van der Waals surface area contributed by atoms with Crippen molar-refractivity contribution in [3.05, 3.63) is 58.9 Å². The minimum Gasteiger partial charge on any atom is -0.478 e. The van der Waals surface area contributed by atoms with Gasteiger partial charge in [0.05, 0.1) is 10.6 Å². The summed E-state index contributed by atoms with van der Waals surface area (Å²) in [4.78, 5) is 14.9. The molecule has 0 radical (unpaired) electrons. The molecule has 0 aliphatic carbocycles. The smallest absolute Gasteiger partial charge is 0.335 e. The van der Waals surface area contributed by atoms with Gasteiger partial charge < -0.3 is 5.11 Å². The van der Waals surface area contributed by atoms with E-state index in [1.807, 2.05) is 6.07 Å². The first-order valence-electron chi connectivity index (χ1n) is 6.71. The highest BCUT2D eigenvalue weighted by atomic mass is 35.5. The number of hydrogen-bond donors (Lipinski definition) is 1. The summed E-state index contributed by atoms with van der Waals surface area (Å²) in [5.41, 5.74) is 0.631. The zero-order chi connectivity index (χ0) is 17.0. The van der Waals surface area contributed by atoms with Crippen molar-refractivity contribution in [1.29, 1.82) is 0 Å². The molecule has 1 N–H and O–H groups in total. The molecule has 0 spiro atoms. The predicted molar refractivity (Wildman–Crippen MR) is 93.4 cm³/mol. The van der Waals surface area contributed by atoms with Crippen LogP contribution in [0.3, 0.4) is 0 Å². The van der Waals surface area contributed by atoms with Crippen LogP contribution >= 0.6 is 24.0 Å². The Morgan fingerprint density at radius 3 is 2.58 bits per heavy atom. The Morgan fingerprint density at radius 1 is 1.29 bits per heavy atom. The highest BCUT2D eigenvalue weighted by Gasteiger charge is 2.24. The van der Waals surface area contributed by atoms with Gasteiger partial charge in [0, 0.05) is 31.9 Å². The maximum Gasteiger partial charge on any atom is 0.335 e. The Labute approximate surface area is 151 Å². The Hall–Kier alpha value is -1.67. The molecule has 24 heavy (non-hydrogen) atoms. The van der Waals surface area contributed by atoms with E-state index >= 15 is 0 Å². The third kappa shape index (κ3) is 4.67. The van der Waals surface area contributed by atoms with Crippen molar-refractivity contribution in [1.82, 2.24) is 9.29 Å². The lowest BCUT2D eigenvalue weighted by atomic mass is 10.2. The van der Waals surface area contributed by atoms with Gasteiger partial charge in [-0.15, -0.1) is 12.4 Å². The summed E-state index contributed by atoms with van der Waals surface area (Å²) in [7, 11) is -2.47. The van der Waals surface area contributed by atoms with Crippen LogP contribution in [-0.4, -0.2) is 42.4 Å². The first-order chi connectivity index (χ1) is 10.8. The molecule has 130 valence electrons. The van der Waals surface area contributed by atoms with Crippen LogP contribution in [0.5, 0.6) is 0 Å². The van der Waals surface area contributed by atoms with Gasteiger partial charge in [-0.05, 0) is 30.3 Å². The molecule has 0 atom stereocenters. The third-order valence-corrected chi connectivity index (χ3v) is 5.61. The third-order valence-electron chi connectivity index (χ3n) is 3.28. The lowest BCUT2D eigenvalue weighted by Gasteiger charge is -2.18. The lowest BCUT2D eigenvalue weighted by Crippen LogP contribution is -2.29. The number of aromatic nitrogens is 1. The number of likely N-dealkylation sites (N-methyl/N-ethyl adjacent to an activating group) is 1. The van der Waals surface area contributed by atoms with Gasteiger partial charge in [-0.3, -0.25) is 4.98 Å². The van der Waals surface area contributed by atoms with Crippen LogP contribution in [0.25, 0.3) is 0 Å². The van der Waals surface area contributed by atoms with E-state index in [-0.39, 0.29) is 34.4 Å². The van der Waals surface area contributed by atoms with Gasteiger partial charge in [0.1, 0.15) is 4.90 Å². The summed E-state index contributed by atoms with van der Waals surface area (Å²) in [6.07, 6.45) is 2.07. The van der Waals surface area contributed by atoms with Crippen LogP contribution in [-0.2, 0) is 16.4 Å². The van der Waals surface area contributed by atoms with E-state index < -0.39 is 16.0 Å². The van der Waals surface area contributed by atoms with E-state index in [0.29, 0.717) is 6.42 Å². The molecule has 0 fully saturated rings. The SMILES string of the molecule is CN(CCc1ccccn1)S(=O)(=O)c1cc(C(=O)O)ccc1Cl.Cl. The number of carboxylic acids is 1. The fourth-order valence-electron chi connectivity index (χ4n) is 1.94. The van der Waals surface area contributed by atoms with Gasteiger partial charge >= 0.3 is 5.97 Å². The summed E-state index contributed by atoms with van der Waals surface area (Å²) in [5, 5.41) is 8.98. The van der Waals surface area contributed by atoms with E-state index in [2.05, 4.69) is 4.98 Å². The number of sulfonamides is 1. The maximum absolute atomic E-state index is 12.6. The quantitative estimate of drug-likeness (QED) is 0.818. The molecule has 6 nitrogen and oxygen atoms in total. The molecule has 9 heteroatoms. The highest BCUT2D eigenvalue weighted by Crippen LogP contribution is 2.25. The van der Waals surface area contributed by atoms with Crippen LogP contribution in [0.4, 0.5) is 0 Å². The van der Waals surface area contributed by atoms with Crippen molar-refractivity contribution in [2.24, 2.45) is 0 Å². The van der Waals surface area contributed by atoms with Crippen molar-refractivity contribution in [2.45, 2.75) is 11.3 Å². The molecule has 0 bridgehead atoms. The van der Waals surface area contributed by atoms with Crippen molar-refractivity contribution in [2.75, 3.05) is 13.6 Å². The van der Waals surface area contributed by atoms with E-state index in [1.165, 1.54) is 19.2 Å². The molecule has 1 aromatic carbocycles. The highest BCUT2D eigenvalue weighted by molar-refractivity contribution is 7.89. The molecule has 0 saturated heterocycles. The number of nitrogens with zero attached hydrogens (tertiary/aromatic N) is 2. The van der Waals surface area contributed by atoms with Crippen LogP contribution in [0.15, 0.2) is 47.5 Å². The fourth-order valence-corrected chi connectivity index (χ4v) is 3.61. The van der Waals surface area contributed by atoms with E-state index in [1.54, 1.807) is 18.3 Å². The molecule has 2 rings (SSSR count). The monoisotopic (exact) mass is 390 g/mol. The fraction of sp³-hybridized carbons (Fsp3) is 0.200.